The SMILES string of the molecule is Cc1nc2ccc(C#Cc3cccc(N4CCCC4)n3)nn2c1C. The molecule has 0 atom stereocenters. The van der Waals surface area contributed by atoms with E-state index in [2.05, 4.69) is 37.9 Å². The zero-order valence-electron chi connectivity index (χ0n) is 14.0. The van der Waals surface area contributed by atoms with Gasteiger partial charge in [-0.1, -0.05) is 6.07 Å². The Labute approximate surface area is 141 Å². The molecule has 0 N–H and O–H groups in total. The molecule has 0 spiro atoms. The minimum atomic E-state index is 0.719. The van der Waals surface area contributed by atoms with Crippen LogP contribution in [0.3, 0.4) is 0 Å². The lowest BCUT2D eigenvalue weighted by Gasteiger charge is -2.15. The molecule has 4 heterocycles. The number of anilines is 1. The average molecular weight is 317 g/mol. The van der Waals surface area contributed by atoms with Crippen molar-refractivity contribution in [1.29, 1.82) is 0 Å². The summed E-state index contributed by atoms with van der Waals surface area (Å²) in [6, 6.07) is 9.87. The third-order valence-electron chi connectivity index (χ3n) is 4.42. The van der Waals surface area contributed by atoms with Crippen molar-refractivity contribution >= 4 is 11.5 Å². The number of hydrogen-bond acceptors (Lipinski definition) is 4. The molecule has 5 nitrogen and oxygen atoms in total. The molecule has 0 amide bonds. The van der Waals surface area contributed by atoms with Crippen LogP contribution >= 0.6 is 0 Å². The van der Waals surface area contributed by atoms with E-state index in [0.717, 1.165) is 47.3 Å². The van der Waals surface area contributed by atoms with Crippen LogP contribution in [0.1, 0.15) is 35.6 Å². The van der Waals surface area contributed by atoms with Crippen molar-refractivity contribution in [2.24, 2.45) is 0 Å². The first kappa shape index (κ1) is 14.7. The molecule has 0 bridgehead atoms. The van der Waals surface area contributed by atoms with Gasteiger partial charge in [0.15, 0.2) is 5.65 Å². The number of imidazole rings is 1. The zero-order valence-corrected chi connectivity index (χ0v) is 14.0. The zero-order chi connectivity index (χ0) is 16.5. The number of hydrogen-bond donors (Lipinski definition) is 0. The van der Waals surface area contributed by atoms with Gasteiger partial charge in [-0.15, -0.1) is 0 Å². The summed E-state index contributed by atoms with van der Waals surface area (Å²) in [5, 5.41) is 4.55. The third kappa shape index (κ3) is 2.71. The topological polar surface area (TPSA) is 46.3 Å². The van der Waals surface area contributed by atoms with Gasteiger partial charge in [-0.25, -0.2) is 14.5 Å². The molecular weight excluding hydrogens is 298 g/mol. The molecule has 1 saturated heterocycles. The van der Waals surface area contributed by atoms with E-state index in [9.17, 15) is 0 Å². The minimum absolute atomic E-state index is 0.719. The number of aryl methyl sites for hydroxylation is 2. The van der Waals surface area contributed by atoms with Crippen molar-refractivity contribution in [2.45, 2.75) is 26.7 Å². The van der Waals surface area contributed by atoms with Crippen molar-refractivity contribution in [3.05, 3.63) is 53.1 Å². The van der Waals surface area contributed by atoms with Gasteiger partial charge in [-0.3, -0.25) is 0 Å². The summed E-state index contributed by atoms with van der Waals surface area (Å²) >= 11 is 0. The Hall–Kier alpha value is -2.87. The second-order valence-corrected chi connectivity index (χ2v) is 6.10. The number of fused-ring (bicyclic) bond motifs is 1. The maximum Gasteiger partial charge on any atom is 0.154 e. The lowest BCUT2D eigenvalue weighted by Crippen LogP contribution is -2.18. The highest BCUT2D eigenvalue weighted by Gasteiger charge is 2.13. The normalized spacial score (nSPS) is 14.0. The molecule has 0 aliphatic carbocycles. The summed E-state index contributed by atoms with van der Waals surface area (Å²) in [7, 11) is 0. The van der Waals surface area contributed by atoms with Crippen molar-refractivity contribution in [3.63, 3.8) is 0 Å². The van der Waals surface area contributed by atoms with Crippen LogP contribution < -0.4 is 4.90 Å². The van der Waals surface area contributed by atoms with Crippen LogP contribution in [0.2, 0.25) is 0 Å². The van der Waals surface area contributed by atoms with Crippen LogP contribution in [-0.4, -0.2) is 32.7 Å². The fourth-order valence-electron chi connectivity index (χ4n) is 2.96. The highest BCUT2D eigenvalue weighted by atomic mass is 15.3. The molecule has 5 heteroatoms. The predicted molar refractivity (Wildman–Crippen MR) is 94.1 cm³/mol. The van der Waals surface area contributed by atoms with E-state index in [1.807, 2.05) is 42.6 Å². The predicted octanol–water partition coefficient (Wildman–Crippen LogP) is 2.74. The molecule has 1 fully saturated rings. The standard InChI is InChI=1S/C19H19N5/c1-14-15(2)24-19(20-14)11-10-17(22-24)9-8-16-6-5-7-18(21-16)23-12-3-4-13-23/h5-7,10-11H,3-4,12-13H2,1-2H3. The number of nitrogens with zero attached hydrogens (tertiary/aromatic N) is 5. The minimum Gasteiger partial charge on any atom is -0.357 e. The molecule has 0 unspecified atom stereocenters. The third-order valence-corrected chi connectivity index (χ3v) is 4.42. The Morgan fingerprint density at radius 2 is 1.71 bits per heavy atom. The Kier molecular flexibility index (Phi) is 3.66. The molecule has 0 saturated carbocycles. The lowest BCUT2D eigenvalue weighted by atomic mass is 10.3. The molecule has 0 aromatic carbocycles. The Balaban J connectivity index is 1.64. The van der Waals surface area contributed by atoms with Gasteiger partial charge in [0.2, 0.25) is 0 Å². The van der Waals surface area contributed by atoms with E-state index < -0.39 is 0 Å². The summed E-state index contributed by atoms with van der Waals surface area (Å²) < 4.78 is 1.84. The van der Waals surface area contributed by atoms with Crippen molar-refractivity contribution < 1.29 is 0 Å². The molecule has 3 aromatic heterocycles. The van der Waals surface area contributed by atoms with Gasteiger partial charge < -0.3 is 4.90 Å². The van der Waals surface area contributed by atoms with Crippen molar-refractivity contribution in [3.8, 4) is 11.8 Å². The molecule has 0 radical (unpaired) electrons. The maximum atomic E-state index is 4.66. The molecular formula is C19H19N5. The lowest BCUT2D eigenvalue weighted by molar-refractivity contribution is 0.885. The van der Waals surface area contributed by atoms with E-state index in [-0.39, 0.29) is 0 Å². The highest BCUT2D eigenvalue weighted by molar-refractivity contribution is 5.47. The molecule has 1 aliphatic heterocycles. The summed E-state index contributed by atoms with van der Waals surface area (Å²) in [5.41, 5.74) is 4.39. The van der Waals surface area contributed by atoms with Crippen LogP contribution in [0, 0.1) is 25.7 Å². The van der Waals surface area contributed by atoms with E-state index in [1.54, 1.807) is 0 Å². The van der Waals surface area contributed by atoms with E-state index in [4.69, 9.17) is 0 Å². The van der Waals surface area contributed by atoms with Crippen LogP contribution in [0.5, 0.6) is 0 Å². The van der Waals surface area contributed by atoms with E-state index in [1.165, 1.54) is 12.8 Å². The first-order chi connectivity index (χ1) is 11.7. The van der Waals surface area contributed by atoms with E-state index in [0.29, 0.717) is 0 Å². The Morgan fingerprint density at radius 3 is 2.54 bits per heavy atom. The molecule has 4 rings (SSSR count). The second-order valence-electron chi connectivity index (χ2n) is 6.10. The van der Waals surface area contributed by atoms with Gasteiger partial charge in [0.1, 0.15) is 17.2 Å². The first-order valence-electron chi connectivity index (χ1n) is 8.28. The smallest absolute Gasteiger partial charge is 0.154 e. The maximum absolute atomic E-state index is 4.66. The quantitative estimate of drug-likeness (QED) is 0.648. The summed E-state index contributed by atoms with van der Waals surface area (Å²) in [6.45, 7) is 6.17. The van der Waals surface area contributed by atoms with Gasteiger partial charge in [-0.2, -0.15) is 5.10 Å². The fourth-order valence-corrected chi connectivity index (χ4v) is 2.96. The van der Waals surface area contributed by atoms with Crippen LogP contribution in [0.25, 0.3) is 5.65 Å². The molecule has 120 valence electrons. The summed E-state index contributed by atoms with van der Waals surface area (Å²) in [4.78, 5) is 11.4. The fraction of sp³-hybridized carbons (Fsp3) is 0.316. The second kappa shape index (κ2) is 5.97. The van der Waals surface area contributed by atoms with Gasteiger partial charge in [0.05, 0.1) is 11.4 Å². The molecule has 3 aromatic rings. The molecule has 24 heavy (non-hydrogen) atoms. The van der Waals surface area contributed by atoms with Crippen molar-refractivity contribution in [2.75, 3.05) is 18.0 Å². The number of pyridine rings is 1. The van der Waals surface area contributed by atoms with Gasteiger partial charge in [0, 0.05) is 13.1 Å². The van der Waals surface area contributed by atoms with Gasteiger partial charge in [-0.05, 0) is 62.8 Å². The summed E-state index contributed by atoms with van der Waals surface area (Å²) in [5.74, 6) is 7.27. The number of rotatable bonds is 1. The van der Waals surface area contributed by atoms with Crippen LogP contribution in [0.4, 0.5) is 5.82 Å². The summed E-state index contributed by atoms with van der Waals surface area (Å²) in [6.07, 6.45) is 2.48. The highest BCUT2D eigenvalue weighted by Crippen LogP contribution is 2.17. The van der Waals surface area contributed by atoms with E-state index >= 15 is 0 Å². The first-order valence-corrected chi connectivity index (χ1v) is 8.28. The largest absolute Gasteiger partial charge is 0.357 e. The average Bonchev–Trinajstić information content (AvgIpc) is 3.23. The number of aromatic nitrogens is 4. The Morgan fingerprint density at radius 1 is 0.917 bits per heavy atom. The Bertz CT molecular complexity index is 955. The van der Waals surface area contributed by atoms with Crippen molar-refractivity contribution in [1.82, 2.24) is 19.6 Å². The van der Waals surface area contributed by atoms with Crippen LogP contribution in [-0.2, 0) is 0 Å². The monoisotopic (exact) mass is 317 g/mol. The molecule has 1 aliphatic rings. The van der Waals surface area contributed by atoms with Crippen LogP contribution in [0.15, 0.2) is 30.3 Å². The van der Waals surface area contributed by atoms with Gasteiger partial charge in [0.25, 0.3) is 0 Å². The van der Waals surface area contributed by atoms with Gasteiger partial charge >= 0.3 is 0 Å².